The van der Waals surface area contributed by atoms with Crippen molar-refractivity contribution in [3.05, 3.63) is 34.9 Å². The molecule has 0 aliphatic rings. The molecule has 1 unspecified atom stereocenters. The maximum absolute atomic E-state index is 9.12. The average molecular weight is 233 g/mol. The molecule has 0 radical (unpaired) electrons. The summed E-state index contributed by atoms with van der Waals surface area (Å²) < 4.78 is 0. The molecule has 0 aliphatic heterocycles. The molecule has 0 saturated carbocycles. The van der Waals surface area contributed by atoms with Crippen LogP contribution in [-0.2, 0) is 6.42 Å². The van der Waals surface area contributed by atoms with Crippen LogP contribution in [-0.4, -0.2) is 12.1 Å². The summed E-state index contributed by atoms with van der Waals surface area (Å²) in [6.45, 7) is 2.22. The second-order valence-corrected chi connectivity index (χ2v) is 4.24. The highest BCUT2D eigenvalue weighted by atomic mass is 35.5. The molecular weight excluding hydrogens is 220 g/mol. The van der Waals surface area contributed by atoms with Crippen LogP contribution in [0.3, 0.4) is 0 Å². The maximum atomic E-state index is 9.12. The van der Waals surface area contributed by atoms with Crippen molar-refractivity contribution >= 4 is 11.6 Å². The van der Waals surface area contributed by atoms with Crippen LogP contribution in [0.2, 0.25) is 5.02 Å². The zero-order chi connectivity index (χ0) is 12.0. The standard InChI is InChI=1S/C13H13ClN2/c1-3-8-16-13(2,10-15)9-11-4-6-12(14)7-5-11/h1,4-7,16H,8-9H2,2H3. The Morgan fingerprint density at radius 3 is 2.56 bits per heavy atom. The third-order valence-electron chi connectivity index (χ3n) is 2.30. The molecular formula is C13H13ClN2. The Balaban J connectivity index is 2.74. The molecule has 0 amide bonds. The Labute approximate surface area is 101 Å². The fraction of sp³-hybridized carbons (Fsp3) is 0.308. The number of hydrogen-bond donors (Lipinski definition) is 1. The third kappa shape index (κ3) is 3.59. The van der Waals surface area contributed by atoms with Crippen LogP contribution in [0, 0.1) is 23.7 Å². The summed E-state index contributed by atoms with van der Waals surface area (Å²) in [5, 5.41) is 12.8. The number of nitrogens with one attached hydrogen (secondary N) is 1. The molecule has 82 valence electrons. The predicted molar refractivity (Wildman–Crippen MR) is 66.0 cm³/mol. The first-order valence-electron chi connectivity index (χ1n) is 4.94. The highest BCUT2D eigenvalue weighted by Gasteiger charge is 2.22. The molecule has 3 heteroatoms. The van der Waals surface area contributed by atoms with Crippen LogP contribution in [0.1, 0.15) is 12.5 Å². The zero-order valence-corrected chi connectivity index (χ0v) is 9.88. The van der Waals surface area contributed by atoms with E-state index in [1.165, 1.54) is 0 Å². The molecule has 0 spiro atoms. The molecule has 0 saturated heterocycles. The van der Waals surface area contributed by atoms with Crippen molar-refractivity contribution in [2.75, 3.05) is 6.54 Å². The SMILES string of the molecule is C#CCNC(C)(C#N)Cc1ccc(Cl)cc1. The average Bonchev–Trinajstić information content (AvgIpc) is 2.30. The van der Waals surface area contributed by atoms with Crippen LogP contribution in [0.5, 0.6) is 0 Å². The molecule has 0 aromatic heterocycles. The Hall–Kier alpha value is -1.48. The van der Waals surface area contributed by atoms with E-state index in [-0.39, 0.29) is 0 Å². The van der Waals surface area contributed by atoms with Crippen LogP contribution >= 0.6 is 11.6 Å². The van der Waals surface area contributed by atoms with E-state index in [1.54, 1.807) is 0 Å². The van der Waals surface area contributed by atoms with Gasteiger partial charge in [0.25, 0.3) is 0 Å². The van der Waals surface area contributed by atoms with Crippen molar-refractivity contribution < 1.29 is 0 Å². The number of nitriles is 1. The molecule has 16 heavy (non-hydrogen) atoms. The lowest BCUT2D eigenvalue weighted by atomic mass is 9.94. The Morgan fingerprint density at radius 2 is 2.06 bits per heavy atom. The topological polar surface area (TPSA) is 35.8 Å². The quantitative estimate of drug-likeness (QED) is 0.810. The molecule has 1 aromatic rings. The van der Waals surface area contributed by atoms with Gasteiger partial charge in [0.1, 0.15) is 5.54 Å². The summed E-state index contributed by atoms with van der Waals surface area (Å²) in [6.07, 6.45) is 5.76. The predicted octanol–water partition coefficient (Wildman–Crippen LogP) is 2.39. The maximum Gasteiger partial charge on any atom is 0.108 e. The minimum atomic E-state index is -0.639. The van der Waals surface area contributed by atoms with E-state index in [4.69, 9.17) is 23.3 Å². The fourth-order valence-electron chi connectivity index (χ4n) is 1.40. The van der Waals surface area contributed by atoms with Crippen molar-refractivity contribution in [1.29, 1.82) is 5.26 Å². The zero-order valence-electron chi connectivity index (χ0n) is 9.13. The molecule has 1 N–H and O–H groups in total. The lowest BCUT2D eigenvalue weighted by Crippen LogP contribution is -2.43. The molecule has 0 bridgehead atoms. The Kier molecular flexibility index (Phi) is 4.38. The van der Waals surface area contributed by atoms with Gasteiger partial charge in [0.15, 0.2) is 0 Å². The molecule has 2 nitrogen and oxygen atoms in total. The molecule has 0 fully saturated rings. The highest BCUT2D eigenvalue weighted by Crippen LogP contribution is 2.15. The van der Waals surface area contributed by atoms with E-state index in [9.17, 15) is 0 Å². The smallest absolute Gasteiger partial charge is 0.108 e. The van der Waals surface area contributed by atoms with Gasteiger partial charge in [0.2, 0.25) is 0 Å². The lowest BCUT2D eigenvalue weighted by molar-refractivity contribution is 0.472. The number of halogens is 1. The Bertz CT molecular complexity index is 425. The van der Waals surface area contributed by atoms with E-state index >= 15 is 0 Å². The summed E-state index contributed by atoms with van der Waals surface area (Å²) in [7, 11) is 0. The summed E-state index contributed by atoms with van der Waals surface area (Å²) in [5.41, 5.74) is 0.415. The van der Waals surface area contributed by atoms with Gasteiger partial charge >= 0.3 is 0 Å². The van der Waals surface area contributed by atoms with Gasteiger partial charge in [-0.15, -0.1) is 6.42 Å². The highest BCUT2D eigenvalue weighted by molar-refractivity contribution is 6.30. The number of hydrogen-bond acceptors (Lipinski definition) is 2. The summed E-state index contributed by atoms with van der Waals surface area (Å²) in [5.74, 6) is 2.47. The van der Waals surface area contributed by atoms with Gasteiger partial charge in [-0.2, -0.15) is 5.26 Å². The molecule has 1 rings (SSSR count). The van der Waals surface area contributed by atoms with E-state index < -0.39 is 5.54 Å². The van der Waals surface area contributed by atoms with Crippen molar-refractivity contribution in [3.63, 3.8) is 0 Å². The van der Waals surface area contributed by atoms with Gasteiger partial charge in [-0.3, -0.25) is 5.32 Å². The second-order valence-electron chi connectivity index (χ2n) is 3.80. The van der Waals surface area contributed by atoms with E-state index in [1.807, 2.05) is 31.2 Å². The molecule has 1 atom stereocenters. The number of rotatable bonds is 4. The minimum Gasteiger partial charge on any atom is -0.288 e. The monoisotopic (exact) mass is 232 g/mol. The van der Waals surface area contributed by atoms with Gasteiger partial charge in [-0.1, -0.05) is 29.7 Å². The normalized spacial score (nSPS) is 13.5. The van der Waals surface area contributed by atoms with Crippen molar-refractivity contribution in [1.82, 2.24) is 5.32 Å². The molecule has 0 aliphatic carbocycles. The van der Waals surface area contributed by atoms with E-state index in [0.29, 0.717) is 18.0 Å². The first-order valence-corrected chi connectivity index (χ1v) is 5.31. The second kappa shape index (κ2) is 5.56. The number of nitrogens with zero attached hydrogens (tertiary/aromatic N) is 1. The molecule has 1 aromatic carbocycles. The van der Waals surface area contributed by atoms with Crippen LogP contribution in [0.15, 0.2) is 24.3 Å². The summed E-state index contributed by atoms with van der Waals surface area (Å²) >= 11 is 5.79. The van der Waals surface area contributed by atoms with Gasteiger partial charge < -0.3 is 0 Å². The van der Waals surface area contributed by atoms with E-state index in [0.717, 1.165) is 5.56 Å². The number of benzene rings is 1. The first-order chi connectivity index (χ1) is 7.59. The van der Waals surface area contributed by atoms with Gasteiger partial charge in [0.05, 0.1) is 12.6 Å². The van der Waals surface area contributed by atoms with Crippen LogP contribution < -0.4 is 5.32 Å². The van der Waals surface area contributed by atoms with E-state index in [2.05, 4.69) is 17.3 Å². The van der Waals surface area contributed by atoms with Gasteiger partial charge in [-0.05, 0) is 24.6 Å². The minimum absolute atomic E-state index is 0.387. The van der Waals surface area contributed by atoms with Crippen molar-refractivity contribution in [2.45, 2.75) is 18.9 Å². The number of terminal acetylenes is 1. The van der Waals surface area contributed by atoms with Gasteiger partial charge in [0, 0.05) is 11.4 Å². The van der Waals surface area contributed by atoms with Crippen LogP contribution in [0.25, 0.3) is 0 Å². The van der Waals surface area contributed by atoms with Gasteiger partial charge in [-0.25, -0.2) is 0 Å². The van der Waals surface area contributed by atoms with Crippen molar-refractivity contribution in [2.24, 2.45) is 0 Å². The summed E-state index contributed by atoms with van der Waals surface area (Å²) in [4.78, 5) is 0. The van der Waals surface area contributed by atoms with Crippen molar-refractivity contribution in [3.8, 4) is 18.4 Å². The first kappa shape index (κ1) is 12.6. The van der Waals surface area contributed by atoms with Crippen LogP contribution in [0.4, 0.5) is 0 Å². The summed E-state index contributed by atoms with van der Waals surface area (Å²) in [6, 6.07) is 9.69. The third-order valence-corrected chi connectivity index (χ3v) is 2.55. The largest absolute Gasteiger partial charge is 0.288 e. The Morgan fingerprint density at radius 1 is 1.44 bits per heavy atom. The fourth-order valence-corrected chi connectivity index (χ4v) is 1.52. The molecule has 0 heterocycles. The lowest BCUT2D eigenvalue weighted by Gasteiger charge is -2.22.